The van der Waals surface area contributed by atoms with Crippen LogP contribution in [-0.4, -0.2) is 33.2 Å². The molecular formula is C9H18F3O5PS. The van der Waals surface area contributed by atoms with Crippen molar-refractivity contribution in [3.63, 3.8) is 0 Å². The molecule has 0 spiro atoms. The lowest BCUT2D eigenvalue weighted by Gasteiger charge is -2.31. The standard InChI is InChI=1S/C9H18F3O5PS/c1-6(15-5)16-7(8(2,3)4)18-17-19(13,14)9(10,11)12/h6-7,18H,1-5H3. The van der Waals surface area contributed by atoms with E-state index >= 15 is 0 Å². The number of methoxy groups -OCH3 is 1. The second kappa shape index (κ2) is 6.67. The molecule has 0 radical (unpaired) electrons. The van der Waals surface area contributed by atoms with Gasteiger partial charge in [-0.25, -0.2) is 3.97 Å². The van der Waals surface area contributed by atoms with E-state index in [2.05, 4.69) is 3.97 Å². The normalized spacial score (nSPS) is 17.9. The maximum atomic E-state index is 12.1. The Hall–Kier alpha value is 0.0500. The van der Waals surface area contributed by atoms with Crippen molar-refractivity contribution < 1.29 is 35.0 Å². The SMILES string of the molecule is COC(C)OC(POS(=O)(=O)C(F)(F)F)C(C)(C)C. The summed E-state index contributed by atoms with van der Waals surface area (Å²) in [6.07, 6.45) is -0.686. The summed E-state index contributed by atoms with van der Waals surface area (Å²) in [5.41, 5.74) is -6.04. The van der Waals surface area contributed by atoms with Crippen molar-refractivity contribution >= 4 is 18.9 Å². The smallest absolute Gasteiger partial charge is 0.356 e. The molecule has 0 N–H and O–H groups in total. The molecule has 0 aromatic heterocycles. The van der Waals surface area contributed by atoms with Crippen molar-refractivity contribution in [2.45, 2.75) is 45.3 Å². The van der Waals surface area contributed by atoms with Crippen molar-refractivity contribution in [1.82, 2.24) is 0 Å². The van der Waals surface area contributed by atoms with Crippen LogP contribution in [0.4, 0.5) is 13.2 Å². The van der Waals surface area contributed by atoms with E-state index in [1.807, 2.05) is 0 Å². The molecule has 5 nitrogen and oxygen atoms in total. The van der Waals surface area contributed by atoms with E-state index in [4.69, 9.17) is 9.47 Å². The van der Waals surface area contributed by atoms with Crippen LogP contribution in [0.5, 0.6) is 0 Å². The van der Waals surface area contributed by atoms with E-state index < -0.39 is 42.0 Å². The van der Waals surface area contributed by atoms with Gasteiger partial charge in [-0.2, -0.15) is 21.6 Å². The summed E-state index contributed by atoms with van der Waals surface area (Å²) in [5.74, 6) is -0.848. The molecule has 3 atom stereocenters. The van der Waals surface area contributed by atoms with Crippen molar-refractivity contribution in [3.8, 4) is 0 Å². The molecule has 0 amide bonds. The molecule has 3 unspecified atom stereocenters. The van der Waals surface area contributed by atoms with Gasteiger partial charge in [-0.05, 0) is 12.3 Å². The summed E-state index contributed by atoms with van der Waals surface area (Å²) in [4.78, 5) is 0. The Balaban J connectivity index is 4.79. The first kappa shape index (κ1) is 19.1. The first-order chi connectivity index (χ1) is 8.31. The van der Waals surface area contributed by atoms with E-state index in [1.165, 1.54) is 7.11 Å². The van der Waals surface area contributed by atoms with E-state index in [-0.39, 0.29) is 0 Å². The number of halogens is 3. The number of hydrogen-bond acceptors (Lipinski definition) is 5. The van der Waals surface area contributed by atoms with Crippen molar-refractivity contribution in [1.29, 1.82) is 0 Å². The Kier molecular flexibility index (Phi) is 6.69. The van der Waals surface area contributed by atoms with Crippen LogP contribution in [-0.2, 0) is 23.6 Å². The third-order valence-electron chi connectivity index (χ3n) is 1.99. The molecule has 0 aromatic rings. The van der Waals surface area contributed by atoms with Crippen LogP contribution in [0.1, 0.15) is 27.7 Å². The lowest BCUT2D eigenvalue weighted by atomic mass is 9.98. The fourth-order valence-corrected chi connectivity index (χ4v) is 2.65. The number of alkyl halides is 3. The fourth-order valence-electron chi connectivity index (χ4n) is 0.810. The number of rotatable bonds is 6. The number of ether oxygens (including phenoxy) is 2. The molecule has 0 aliphatic heterocycles. The van der Waals surface area contributed by atoms with Gasteiger partial charge in [0.25, 0.3) is 0 Å². The largest absolute Gasteiger partial charge is 0.523 e. The van der Waals surface area contributed by atoms with Gasteiger partial charge in [0.05, 0.1) is 8.81 Å². The molecule has 0 rings (SSSR count). The topological polar surface area (TPSA) is 61.8 Å². The molecule has 0 aromatic carbocycles. The molecule has 0 heterocycles. The molecular weight excluding hydrogens is 308 g/mol. The van der Waals surface area contributed by atoms with Crippen LogP contribution >= 0.6 is 8.81 Å². The summed E-state index contributed by atoms with van der Waals surface area (Å²) < 4.78 is 72.2. The molecule has 19 heavy (non-hydrogen) atoms. The first-order valence-corrected chi connectivity index (χ1v) is 7.64. The molecule has 0 bridgehead atoms. The van der Waals surface area contributed by atoms with Gasteiger partial charge in [-0.3, -0.25) is 0 Å². The molecule has 0 aliphatic rings. The van der Waals surface area contributed by atoms with Gasteiger partial charge in [0.1, 0.15) is 5.85 Å². The lowest BCUT2D eigenvalue weighted by Crippen LogP contribution is -2.31. The predicted molar refractivity (Wildman–Crippen MR) is 65.2 cm³/mol. The van der Waals surface area contributed by atoms with Crippen LogP contribution in [0, 0.1) is 5.41 Å². The van der Waals surface area contributed by atoms with Gasteiger partial charge in [0, 0.05) is 7.11 Å². The monoisotopic (exact) mass is 326 g/mol. The summed E-state index contributed by atoms with van der Waals surface area (Å²) in [7, 11) is -5.26. The minimum Gasteiger partial charge on any atom is -0.356 e. The average Bonchev–Trinajstić information content (AvgIpc) is 2.20. The summed E-state index contributed by atoms with van der Waals surface area (Å²) >= 11 is 0. The van der Waals surface area contributed by atoms with Crippen LogP contribution in [0.2, 0.25) is 0 Å². The Morgan fingerprint density at radius 2 is 1.63 bits per heavy atom. The molecule has 0 saturated carbocycles. The quantitative estimate of drug-likeness (QED) is 0.427. The molecule has 0 aliphatic carbocycles. The zero-order chi connectivity index (χ0) is 15.5. The van der Waals surface area contributed by atoms with Crippen molar-refractivity contribution in [3.05, 3.63) is 0 Å². The van der Waals surface area contributed by atoms with E-state index in [1.54, 1.807) is 27.7 Å². The highest BCUT2D eigenvalue weighted by Crippen LogP contribution is 2.40. The predicted octanol–water partition coefficient (Wildman–Crippen LogP) is 2.83. The molecule has 0 fully saturated rings. The van der Waals surface area contributed by atoms with Gasteiger partial charge in [0.2, 0.25) is 0 Å². The highest BCUT2D eigenvalue weighted by molar-refractivity contribution is 7.90. The van der Waals surface area contributed by atoms with Crippen molar-refractivity contribution in [2.75, 3.05) is 7.11 Å². The zero-order valence-corrected chi connectivity index (χ0v) is 13.1. The third-order valence-corrected chi connectivity index (χ3v) is 5.04. The Bertz CT molecular complexity index is 376. The molecule has 10 heteroatoms. The number of hydrogen-bond donors (Lipinski definition) is 0. The third kappa shape index (κ3) is 6.35. The molecule has 0 saturated heterocycles. The minimum absolute atomic E-state index is 0.605. The summed E-state index contributed by atoms with van der Waals surface area (Å²) in [6, 6.07) is 0. The fraction of sp³-hybridized carbons (Fsp3) is 1.00. The maximum absolute atomic E-state index is 12.1. The van der Waals surface area contributed by atoms with Crippen LogP contribution in [0.3, 0.4) is 0 Å². The first-order valence-electron chi connectivity index (χ1n) is 5.25. The average molecular weight is 326 g/mol. The summed E-state index contributed by atoms with van der Waals surface area (Å²) in [6.45, 7) is 6.62. The van der Waals surface area contributed by atoms with E-state index in [0.717, 1.165) is 0 Å². The van der Waals surface area contributed by atoms with E-state index in [9.17, 15) is 21.6 Å². The second-order valence-electron chi connectivity index (χ2n) is 4.79. The zero-order valence-electron chi connectivity index (χ0n) is 11.2. The Labute approximate surface area is 112 Å². The van der Waals surface area contributed by atoms with Crippen molar-refractivity contribution in [2.24, 2.45) is 5.41 Å². The van der Waals surface area contributed by atoms with Gasteiger partial charge in [-0.1, -0.05) is 20.8 Å². The summed E-state index contributed by atoms with van der Waals surface area (Å²) in [5, 5.41) is 0. The highest BCUT2D eigenvalue weighted by atomic mass is 32.2. The van der Waals surface area contributed by atoms with Gasteiger partial charge >= 0.3 is 15.6 Å². The maximum Gasteiger partial charge on any atom is 0.523 e. The second-order valence-corrected chi connectivity index (χ2v) is 7.58. The Morgan fingerprint density at radius 1 is 1.16 bits per heavy atom. The van der Waals surface area contributed by atoms with Gasteiger partial charge < -0.3 is 9.47 Å². The van der Waals surface area contributed by atoms with E-state index in [0.29, 0.717) is 0 Å². The molecule has 116 valence electrons. The van der Waals surface area contributed by atoms with Crippen LogP contribution in [0.15, 0.2) is 0 Å². The highest BCUT2D eigenvalue weighted by Gasteiger charge is 2.48. The van der Waals surface area contributed by atoms with Crippen LogP contribution < -0.4 is 0 Å². The lowest BCUT2D eigenvalue weighted by molar-refractivity contribution is -0.143. The minimum atomic E-state index is -5.60. The Morgan fingerprint density at radius 3 is 1.95 bits per heavy atom. The van der Waals surface area contributed by atoms with Gasteiger partial charge in [-0.15, -0.1) is 0 Å². The van der Waals surface area contributed by atoms with Crippen LogP contribution in [0.25, 0.3) is 0 Å². The van der Waals surface area contributed by atoms with Gasteiger partial charge in [0.15, 0.2) is 6.29 Å².